The minimum atomic E-state index is -4.53. The normalized spacial score (nSPS) is 20.5. The number of hydrogen-bond donors (Lipinski definition) is 2. The van der Waals surface area contributed by atoms with E-state index in [-0.39, 0.29) is 12.8 Å². The molecule has 2 aliphatic rings. The van der Waals surface area contributed by atoms with E-state index in [9.17, 15) is 22.8 Å². The first-order chi connectivity index (χ1) is 14.7. The van der Waals surface area contributed by atoms with Crippen LogP contribution in [-0.4, -0.2) is 38.3 Å². The van der Waals surface area contributed by atoms with Crippen LogP contribution in [0.25, 0.3) is 11.1 Å². The predicted molar refractivity (Wildman–Crippen MR) is 106 cm³/mol. The first kappa shape index (κ1) is 21.0. The fourth-order valence-electron chi connectivity index (χ4n) is 4.17. The maximum atomic E-state index is 12.9. The fraction of sp³-hybridized carbons (Fsp3) is 0.364. The molecule has 2 aromatic carbocycles. The molecule has 2 amide bonds. The highest BCUT2D eigenvalue weighted by molar-refractivity contribution is 6.01. The second-order valence-electron chi connectivity index (χ2n) is 7.58. The van der Waals surface area contributed by atoms with Gasteiger partial charge in [-0.25, -0.2) is 0 Å². The van der Waals surface area contributed by atoms with Crippen molar-refractivity contribution in [2.24, 2.45) is 5.92 Å². The number of piperidine rings is 1. The van der Waals surface area contributed by atoms with Crippen LogP contribution in [0.2, 0.25) is 0 Å². The van der Waals surface area contributed by atoms with E-state index < -0.39 is 36.0 Å². The van der Waals surface area contributed by atoms with Gasteiger partial charge in [-0.3, -0.25) is 9.59 Å². The van der Waals surface area contributed by atoms with Crippen molar-refractivity contribution in [1.29, 1.82) is 0 Å². The molecule has 0 bridgehead atoms. The molecule has 4 rings (SSSR count). The summed E-state index contributed by atoms with van der Waals surface area (Å²) in [5, 5.41) is 4.78. The third-order valence-corrected chi connectivity index (χ3v) is 5.80. The van der Waals surface area contributed by atoms with Crippen LogP contribution < -0.4 is 20.1 Å². The van der Waals surface area contributed by atoms with E-state index in [0.717, 1.165) is 22.3 Å². The number of fused-ring (bicyclic) bond motifs is 3. The van der Waals surface area contributed by atoms with E-state index in [1.807, 2.05) is 29.6 Å². The zero-order valence-electron chi connectivity index (χ0n) is 16.9. The van der Waals surface area contributed by atoms with Gasteiger partial charge in [0.15, 0.2) is 0 Å². The molecule has 0 radical (unpaired) electrons. The van der Waals surface area contributed by atoms with Gasteiger partial charge in [-0.1, -0.05) is 12.1 Å². The molecule has 0 saturated carbocycles. The monoisotopic (exact) mass is 434 g/mol. The lowest BCUT2D eigenvalue weighted by Gasteiger charge is -2.30. The van der Waals surface area contributed by atoms with Crippen molar-refractivity contribution >= 4 is 11.8 Å². The molecule has 0 spiro atoms. The average Bonchev–Trinajstić information content (AvgIpc) is 3.04. The van der Waals surface area contributed by atoms with Gasteiger partial charge in [0.25, 0.3) is 0 Å². The third-order valence-electron chi connectivity index (χ3n) is 5.80. The Morgan fingerprint density at radius 2 is 1.55 bits per heavy atom. The molecule has 1 fully saturated rings. The smallest absolute Gasteiger partial charge is 0.408 e. The summed E-state index contributed by atoms with van der Waals surface area (Å²) in [6.07, 6.45) is -5.05. The van der Waals surface area contributed by atoms with Crippen LogP contribution in [-0.2, 0) is 9.59 Å². The van der Waals surface area contributed by atoms with Crippen LogP contribution in [0.5, 0.6) is 11.5 Å². The summed E-state index contributed by atoms with van der Waals surface area (Å²) in [5.41, 5.74) is 3.35. The summed E-state index contributed by atoms with van der Waals surface area (Å²) in [7, 11) is 3.06. The number of rotatable bonds is 4. The summed E-state index contributed by atoms with van der Waals surface area (Å²) in [6, 6.07) is 8.47. The van der Waals surface area contributed by atoms with Gasteiger partial charge in [-0.2, -0.15) is 13.2 Å². The molecule has 31 heavy (non-hydrogen) atoms. The summed E-state index contributed by atoms with van der Waals surface area (Å²) in [6.45, 7) is 0. The van der Waals surface area contributed by atoms with Crippen LogP contribution in [0.3, 0.4) is 0 Å². The molecule has 1 saturated heterocycles. The van der Waals surface area contributed by atoms with Crippen molar-refractivity contribution in [3.63, 3.8) is 0 Å². The van der Waals surface area contributed by atoms with E-state index in [2.05, 4.69) is 5.32 Å². The van der Waals surface area contributed by atoms with Gasteiger partial charge in [0.2, 0.25) is 11.8 Å². The van der Waals surface area contributed by atoms with Gasteiger partial charge in [0.1, 0.15) is 23.5 Å². The van der Waals surface area contributed by atoms with Gasteiger partial charge in [-0.05, 0) is 59.4 Å². The first-order valence-corrected chi connectivity index (χ1v) is 9.76. The van der Waals surface area contributed by atoms with E-state index in [4.69, 9.17) is 9.47 Å². The molecule has 0 aromatic heterocycles. The van der Waals surface area contributed by atoms with Crippen molar-refractivity contribution in [3.05, 3.63) is 47.5 Å². The second-order valence-corrected chi connectivity index (χ2v) is 7.58. The Morgan fingerprint density at radius 3 is 2.00 bits per heavy atom. The number of ether oxygens (including phenoxy) is 2. The fourth-order valence-corrected chi connectivity index (χ4v) is 4.17. The maximum Gasteiger partial charge on any atom is 0.408 e. The molecular weight excluding hydrogens is 413 g/mol. The standard InChI is InChI=1S/C22H21F3N2O4/c1-30-11-3-5-13-14-6-4-12(31-2)10-17(14)19(16(13)9-11)27-21(29)15-7-8-18(22(23,24)25)26-20(15)28/h3-6,9-10,15,18-19H,7-8H2,1-2H3,(H,26,28)(H,27,29). The van der Waals surface area contributed by atoms with E-state index in [1.54, 1.807) is 12.1 Å². The van der Waals surface area contributed by atoms with Crippen LogP contribution in [0.15, 0.2) is 36.4 Å². The predicted octanol–water partition coefficient (Wildman–Crippen LogP) is 3.35. The Morgan fingerprint density at radius 1 is 1.00 bits per heavy atom. The molecular formula is C22H21F3N2O4. The van der Waals surface area contributed by atoms with Gasteiger partial charge < -0.3 is 20.1 Å². The van der Waals surface area contributed by atoms with Crippen LogP contribution in [0.1, 0.15) is 30.0 Å². The zero-order chi connectivity index (χ0) is 22.3. The molecule has 2 N–H and O–H groups in total. The molecule has 2 unspecified atom stereocenters. The molecule has 1 aliphatic heterocycles. The van der Waals surface area contributed by atoms with Crippen LogP contribution >= 0.6 is 0 Å². The average molecular weight is 434 g/mol. The summed E-state index contributed by atoms with van der Waals surface area (Å²) >= 11 is 0. The molecule has 6 nitrogen and oxygen atoms in total. The summed E-state index contributed by atoms with van der Waals surface area (Å²) in [4.78, 5) is 25.2. The van der Waals surface area contributed by atoms with E-state index >= 15 is 0 Å². The Kier molecular flexibility index (Phi) is 5.28. The number of hydrogen-bond acceptors (Lipinski definition) is 4. The van der Waals surface area contributed by atoms with Crippen molar-refractivity contribution in [2.75, 3.05) is 14.2 Å². The molecule has 2 aromatic rings. The number of nitrogens with one attached hydrogen (secondary N) is 2. The Hall–Kier alpha value is -3.23. The lowest BCUT2D eigenvalue weighted by Crippen LogP contribution is -2.54. The number of halogens is 3. The highest BCUT2D eigenvalue weighted by Crippen LogP contribution is 2.46. The summed E-state index contributed by atoms with van der Waals surface area (Å²) < 4.78 is 49.3. The number of alkyl halides is 3. The second kappa shape index (κ2) is 7.79. The zero-order valence-corrected chi connectivity index (χ0v) is 16.9. The molecule has 1 aliphatic carbocycles. The number of amides is 2. The Labute approximate surface area is 176 Å². The molecule has 9 heteroatoms. The maximum absolute atomic E-state index is 12.9. The van der Waals surface area contributed by atoms with E-state index in [0.29, 0.717) is 11.5 Å². The van der Waals surface area contributed by atoms with Crippen molar-refractivity contribution in [2.45, 2.75) is 31.1 Å². The first-order valence-electron chi connectivity index (χ1n) is 9.76. The minimum absolute atomic E-state index is 0.176. The SMILES string of the molecule is COc1ccc2c(c1)C(NC(=O)C1CCC(C(F)(F)F)NC1=O)c1cc(OC)ccc1-2. The van der Waals surface area contributed by atoms with Gasteiger partial charge in [0, 0.05) is 0 Å². The number of benzene rings is 2. The van der Waals surface area contributed by atoms with Crippen molar-refractivity contribution in [1.82, 2.24) is 10.6 Å². The van der Waals surface area contributed by atoms with E-state index in [1.165, 1.54) is 14.2 Å². The summed E-state index contributed by atoms with van der Waals surface area (Å²) in [5.74, 6) is -1.53. The van der Waals surface area contributed by atoms with Crippen molar-refractivity contribution < 1.29 is 32.2 Å². The molecule has 164 valence electrons. The minimum Gasteiger partial charge on any atom is -0.497 e. The van der Waals surface area contributed by atoms with Gasteiger partial charge in [0.05, 0.1) is 20.3 Å². The number of methoxy groups -OCH3 is 2. The Balaban J connectivity index is 1.62. The lowest BCUT2D eigenvalue weighted by atomic mass is 9.92. The molecule has 2 atom stereocenters. The lowest BCUT2D eigenvalue weighted by molar-refractivity contribution is -0.171. The highest BCUT2D eigenvalue weighted by atomic mass is 19.4. The quantitative estimate of drug-likeness (QED) is 0.724. The number of carbonyl (C=O) groups is 2. The number of carbonyl (C=O) groups excluding carboxylic acids is 2. The topological polar surface area (TPSA) is 76.7 Å². The molecule has 1 heterocycles. The Bertz CT molecular complexity index is 984. The largest absolute Gasteiger partial charge is 0.497 e. The van der Waals surface area contributed by atoms with Crippen molar-refractivity contribution in [3.8, 4) is 22.6 Å². The van der Waals surface area contributed by atoms with Crippen LogP contribution in [0.4, 0.5) is 13.2 Å². The highest BCUT2D eigenvalue weighted by Gasteiger charge is 2.46. The van der Waals surface area contributed by atoms with Crippen LogP contribution in [0, 0.1) is 5.92 Å². The third kappa shape index (κ3) is 3.80. The van der Waals surface area contributed by atoms with Gasteiger partial charge >= 0.3 is 6.18 Å². The van der Waals surface area contributed by atoms with Gasteiger partial charge in [-0.15, -0.1) is 0 Å².